The number of hydrogen-bond acceptors (Lipinski definition) is 12. The van der Waals surface area contributed by atoms with Crippen LogP contribution >= 0.6 is 38.6 Å². The SMILES string of the molecule is C1=CC(c2ncccn2)=NC1.Cc1nc(-c2cccnc2)sc1-n1ccc(-c2ncccn2)n1.Cc1nc(-c2cccnc2)sc1Br. The van der Waals surface area contributed by atoms with E-state index < -0.39 is 0 Å². The number of thiazole rings is 2. The Morgan fingerprint density at radius 1 is 0.702 bits per heavy atom. The Morgan fingerprint density at radius 3 is 1.87 bits per heavy atom. The molecule has 0 N–H and O–H groups in total. The molecule has 0 aliphatic carbocycles. The van der Waals surface area contributed by atoms with Gasteiger partial charge in [-0.3, -0.25) is 15.0 Å². The Morgan fingerprint density at radius 2 is 1.32 bits per heavy atom. The van der Waals surface area contributed by atoms with Crippen molar-refractivity contribution in [1.29, 1.82) is 0 Å². The third-order valence-corrected chi connectivity index (χ3v) is 9.61. The lowest BCUT2D eigenvalue weighted by Gasteiger charge is -1.97. The lowest BCUT2D eigenvalue weighted by Crippen LogP contribution is -2.00. The molecule has 14 heteroatoms. The van der Waals surface area contributed by atoms with Crippen LogP contribution in [0.3, 0.4) is 0 Å². The summed E-state index contributed by atoms with van der Waals surface area (Å²) < 4.78 is 2.91. The number of aryl methyl sites for hydroxylation is 2. The van der Waals surface area contributed by atoms with Crippen LogP contribution in [0.4, 0.5) is 0 Å². The first-order chi connectivity index (χ1) is 23.0. The van der Waals surface area contributed by atoms with Crippen LogP contribution in [0.2, 0.25) is 0 Å². The third kappa shape index (κ3) is 8.16. The molecular weight excluding hydrogens is 694 g/mol. The van der Waals surface area contributed by atoms with E-state index in [0.717, 1.165) is 59.3 Å². The van der Waals surface area contributed by atoms with E-state index in [1.54, 1.807) is 72.0 Å². The van der Waals surface area contributed by atoms with Crippen molar-refractivity contribution in [2.45, 2.75) is 13.8 Å². The molecule has 1 aliphatic heterocycles. The Labute approximate surface area is 287 Å². The number of hydrogen-bond donors (Lipinski definition) is 0. The molecule has 0 atom stereocenters. The predicted octanol–water partition coefficient (Wildman–Crippen LogP) is 7.27. The first-order valence-electron chi connectivity index (χ1n) is 14.3. The monoisotopic (exact) mass is 719 g/mol. The summed E-state index contributed by atoms with van der Waals surface area (Å²) in [4.78, 5) is 38.0. The van der Waals surface area contributed by atoms with Crippen molar-refractivity contribution in [3.63, 3.8) is 0 Å². The summed E-state index contributed by atoms with van der Waals surface area (Å²) in [5, 5.41) is 7.48. The highest BCUT2D eigenvalue weighted by Crippen LogP contribution is 2.31. The number of allylic oxidation sites excluding steroid dienone is 1. The molecule has 7 aromatic heterocycles. The number of aliphatic imine (C=N–C) groups is 1. The molecule has 0 saturated carbocycles. The standard InChI is InChI=1S/C16H12N6S.C9H7BrN2S.C8H7N3/c1-11-16(23-15(20-11)12-4-2-6-17-10-12)22-9-5-13(21-22)14-18-7-3-8-19-14;1-6-8(10)13-9(12-6)7-3-2-4-11-5-7;1-3-7(9-4-1)8-10-5-2-6-11-8/h2-10H,1H3;2-5H,1H3;1-3,5-6H,4H2. The average molecular weight is 721 g/mol. The molecule has 0 aromatic carbocycles. The first kappa shape index (κ1) is 31.8. The quantitative estimate of drug-likeness (QED) is 0.180. The van der Waals surface area contributed by atoms with Gasteiger partial charge in [0.2, 0.25) is 0 Å². The molecule has 7 aromatic rings. The van der Waals surface area contributed by atoms with Crippen molar-refractivity contribution in [1.82, 2.24) is 49.7 Å². The Kier molecular flexibility index (Phi) is 10.4. The highest BCUT2D eigenvalue weighted by Gasteiger charge is 2.14. The van der Waals surface area contributed by atoms with Crippen LogP contribution in [0.5, 0.6) is 0 Å². The first-order valence-corrected chi connectivity index (χ1v) is 16.7. The van der Waals surface area contributed by atoms with Gasteiger partial charge in [0, 0.05) is 66.9 Å². The van der Waals surface area contributed by atoms with Crippen LogP contribution in [0, 0.1) is 13.8 Å². The second-order valence-electron chi connectivity index (χ2n) is 9.69. The van der Waals surface area contributed by atoms with E-state index in [0.29, 0.717) is 11.6 Å². The van der Waals surface area contributed by atoms with Gasteiger partial charge in [-0.1, -0.05) is 17.4 Å². The molecule has 1 aliphatic rings. The van der Waals surface area contributed by atoms with E-state index >= 15 is 0 Å². The Balaban J connectivity index is 0.000000136. The molecule has 47 heavy (non-hydrogen) atoms. The van der Waals surface area contributed by atoms with Gasteiger partial charge in [-0.2, -0.15) is 5.10 Å². The summed E-state index contributed by atoms with van der Waals surface area (Å²) in [7, 11) is 0. The summed E-state index contributed by atoms with van der Waals surface area (Å²) >= 11 is 6.66. The molecule has 0 radical (unpaired) electrons. The van der Waals surface area contributed by atoms with Crippen LogP contribution in [-0.2, 0) is 0 Å². The van der Waals surface area contributed by atoms with Crippen LogP contribution < -0.4 is 0 Å². The summed E-state index contributed by atoms with van der Waals surface area (Å²) in [6.45, 7) is 4.72. The number of nitrogens with zero attached hydrogens (tertiary/aromatic N) is 11. The largest absolute Gasteiger partial charge is 0.277 e. The van der Waals surface area contributed by atoms with Gasteiger partial charge in [0.25, 0.3) is 0 Å². The van der Waals surface area contributed by atoms with Crippen molar-refractivity contribution < 1.29 is 0 Å². The fraction of sp³-hybridized carbons (Fsp3) is 0.0909. The fourth-order valence-electron chi connectivity index (χ4n) is 4.14. The van der Waals surface area contributed by atoms with Crippen molar-refractivity contribution in [3.8, 4) is 37.7 Å². The zero-order valence-corrected chi connectivity index (χ0v) is 28.4. The van der Waals surface area contributed by atoms with E-state index in [9.17, 15) is 0 Å². The van der Waals surface area contributed by atoms with E-state index in [4.69, 9.17) is 0 Å². The second kappa shape index (κ2) is 15.4. The highest BCUT2D eigenvalue weighted by atomic mass is 79.9. The minimum atomic E-state index is 0.612. The molecule has 0 bridgehead atoms. The lowest BCUT2D eigenvalue weighted by molar-refractivity contribution is 0.883. The van der Waals surface area contributed by atoms with E-state index in [1.807, 2.05) is 79.6 Å². The molecule has 0 unspecified atom stereocenters. The molecule has 0 amide bonds. The van der Waals surface area contributed by atoms with Gasteiger partial charge in [0.05, 0.1) is 21.7 Å². The summed E-state index contributed by atoms with van der Waals surface area (Å²) in [6.07, 6.45) is 19.8. The minimum Gasteiger partial charge on any atom is -0.277 e. The number of halogens is 1. The van der Waals surface area contributed by atoms with Gasteiger partial charge >= 0.3 is 0 Å². The van der Waals surface area contributed by atoms with Crippen molar-refractivity contribution >= 4 is 44.3 Å². The van der Waals surface area contributed by atoms with Crippen LogP contribution in [0.25, 0.3) is 37.7 Å². The van der Waals surface area contributed by atoms with E-state index in [2.05, 4.69) is 65.9 Å². The number of pyridine rings is 2. The average Bonchev–Trinajstić information content (AvgIpc) is 3.96. The van der Waals surface area contributed by atoms with Crippen LogP contribution in [-0.4, -0.2) is 61.9 Å². The van der Waals surface area contributed by atoms with Crippen molar-refractivity contribution in [3.05, 3.63) is 131 Å². The van der Waals surface area contributed by atoms with Gasteiger partial charge in [0.15, 0.2) is 11.6 Å². The van der Waals surface area contributed by atoms with Gasteiger partial charge in [0.1, 0.15) is 26.4 Å². The Bertz CT molecular complexity index is 2070. The second-order valence-corrected chi connectivity index (χ2v) is 13.0. The maximum Gasteiger partial charge on any atom is 0.180 e. The fourth-order valence-corrected chi connectivity index (χ4v) is 6.46. The molecule has 8 heterocycles. The summed E-state index contributed by atoms with van der Waals surface area (Å²) in [6, 6.07) is 13.3. The maximum absolute atomic E-state index is 4.63. The zero-order valence-electron chi connectivity index (χ0n) is 25.2. The zero-order chi connectivity index (χ0) is 32.4. The Hall–Kier alpha value is -5.18. The topological polar surface area (TPSA) is 133 Å². The highest BCUT2D eigenvalue weighted by molar-refractivity contribution is 9.11. The van der Waals surface area contributed by atoms with E-state index in [1.165, 1.54) is 0 Å². The molecule has 8 rings (SSSR count). The van der Waals surface area contributed by atoms with Gasteiger partial charge in [-0.15, -0.1) is 11.3 Å². The minimum absolute atomic E-state index is 0.612. The van der Waals surface area contributed by atoms with E-state index in [-0.39, 0.29) is 0 Å². The van der Waals surface area contributed by atoms with Crippen LogP contribution in [0.1, 0.15) is 17.2 Å². The molecular formula is C33H26BrN11S2. The normalized spacial score (nSPS) is 11.7. The molecule has 11 nitrogen and oxygen atoms in total. The smallest absolute Gasteiger partial charge is 0.180 e. The van der Waals surface area contributed by atoms with Gasteiger partial charge < -0.3 is 0 Å². The molecule has 0 fully saturated rings. The van der Waals surface area contributed by atoms with Crippen molar-refractivity contribution in [2.24, 2.45) is 4.99 Å². The third-order valence-electron chi connectivity index (χ3n) is 6.36. The summed E-state index contributed by atoms with van der Waals surface area (Å²) in [5.74, 6) is 1.32. The predicted molar refractivity (Wildman–Crippen MR) is 189 cm³/mol. The number of aromatic nitrogens is 10. The molecule has 232 valence electrons. The lowest BCUT2D eigenvalue weighted by atomic mass is 10.3. The van der Waals surface area contributed by atoms with Gasteiger partial charge in [-0.05, 0) is 78.3 Å². The van der Waals surface area contributed by atoms with Gasteiger partial charge in [-0.25, -0.2) is 34.6 Å². The summed E-state index contributed by atoms with van der Waals surface area (Å²) in [5.41, 5.74) is 5.65. The maximum atomic E-state index is 4.63. The number of rotatable bonds is 5. The van der Waals surface area contributed by atoms with Crippen molar-refractivity contribution in [2.75, 3.05) is 6.54 Å². The molecule has 0 spiro atoms. The van der Waals surface area contributed by atoms with Crippen LogP contribution in [0.15, 0.2) is 119 Å². The molecule has 0 saturated heterocycles.